The minimum atomic E-state index is -0.346. The molecule has 6 nitrogen and oxygen atoms in total. The zero-order valence-corrected chi connectivity index (χ0v) is 14.5. The molecule has 1 aliphatic heterocycles. The molecule has 0 radical (unpaired) electrons. The third-order valence-electron chi connectivity index (χ3n) is 4.27. The molecule has 1 fully saturated rings. The first-order valence-electron chi connectivity index (χ1n) is 8.07. The van der Waals surface area contributed by atoms with Gasteiger partial charge in [-0.1, -0.05) is 0 Å². The summed E-state index contributed by atoms with van der Waals surface area (Å²) in [5, 5.41) is 3.92. The van der Waals surface area contributed by atoms with Gasteiger partial charge in [0.1, 0.15) is 5.76 Å². The molecule has 0 bridgehead atoms. The molecule has 1 unspecified atom stereocenters. The predicted octanol–water partition coefficient (Wildman–Crippen LogP) is 3.18. The zero-order chi connectivity index (χ0) is 17.4. The third kappa shape index (κ3) is 3.28. The number of anilines is 1. The van der Waals surface area contributed by atoms with Gasteiger partial charge in [0, 0.05) is 18.7 Å². The second-order valence-electron chi connectivity index (χ2n) is 6.16. The smallest absolute Gasteiger partial charge is 0.229 e. The van der Waals surface area contributed by atoms with Gasteiger partial charge in [-0.3, -0.25) is 9.59 Å². The van der Waals surface area contributed by atoms with Gasteiger partial charge >= 0.3 is 0 Å². The van der Waals surface area contributed by atoms with Gasteiger partial charge in [0.25, 0.3) is 0 Å². The van der Waals surface area contributed by atoms with Crippen LogP contribution in [0.5, 0.6) is 0 Å². The van der Waals surface area contributed by atoms with Gasteiger partial charge in [0.15, 0.2) is 0 Å². The molecule has 7 heteroatoms. The Balaban J connectivity index is 1.42. The van der Waals surface area contributed by atoms with E-state index in [0.29, 0.717) is 13.1 Å². The molecule has 4 rings (SSSR count). The van der Waals surface area contributed by atoms with Crippen LogP contribution in [0.1, 0.15) is 17.2 Å². The van der Waals surface area contributed by atoms with Crippen molar-refractivity contribution in [1.82, 2.24) is 9.88 Å². The van der Waals surface area contributed by atoms with Crippen LogP contribution in [-0.4, -0.2) is 28.2 Å². The summed E-state index contributed by atoms with van der Waals surface area (Å²) in [6.45, 7) is 2.77. The van der Waals surface area contributed by atoms with Crippen LogP contribution < -0.4 is 5.32 Å². The van der Waals surface area contributed by atoms with E-state index in [-0.39, 0.29) is 24.2 Å². The van der Waals surface area contributed by atoms with Crippen molar-refractivity contribution >= 4 is 39.1 Å². The molecule has 1 N–H and O–H groups in total. The van der Waals surface area contributed by atoms with Crippen LogP contribution >= 0.6 is 11.3 Å². The van der Waals surface area contributed by atoms with Crippen molar-refractivity contribution in [3.05, 3.63) is 47.4 Å². The Morgan fingerprint density at radius 1 is 1.44 bits per heavy atom. The van der Waals surface area contributed by atoms with Crippen molar-refractivity contribution in [3.8, 4) is 0 Å². The monoisotopic (exact) mass is 355 g/mol. The van der Waals surface area contributed by atoms with Crippen LogP contribution in [0.15, 0.2) is 41.0 Å². The Kier molecular flexibility index (Phi) is 4.01. The number of nitrogens with zero attached hydrogens (tertiary/aromatic N) is 2. The summed E-state index contributed by atoms with van der Waals surface area (Å²) in [6.07, 6.45) is 1.81. The minimum absolute atomic E-state index is 0.0231. The van der Waals surface area contributed by atoms with Crippen molar-refractivity contribution in [2.75, 3.05) is 11.9 Å². The molecule has 3 aromatic rings. The first-order chi connectivity index (χ1) is 12.1. The van der Waals surface area contributed by atoms with Crippen molar-refractivity contribution < 1.29 is 14.0 Å². The number of hydrogen-bond donors (Lipinski definition) is 1. The van der Waals surface area contributed by atoms with E-state index in [1.807, 2.05) is 31.2 Å². The first-order valence-corrected chi connectivity index (χ1v) is 8.88. The number of carbonyl (C=O) groups is 2. The molecule has 2 amide bonds. The van der Waals surface area contributed by atoms with Gasteiger partial charge in [0.05, 0.1) is 34.0 Å². The first kappa shape index (κ1) is 15.8. The summed E-state index contributed by atoms with van der Waals surface area (Å²) in [5.74, 6) is 0.225. The van der Waals surface area contributed by atoms with Crippen LogP contribution in [0.25, 0.3) is 10.2 Å². The molecule has 1 aromatic carbocycles. The fraction of sp³-hybridized carbons (Fsp3) is 0.278. The predicted molar refractivity (Wildman–Crippen MR) is 95.2 cm³/mol. The lowest BCUT2D eigenvalue weighted by atomic mass is 10.1. The number of likely N-dealkylation sites (tertiary alicyclic amines) is 1. The number of benzene rings is 1. The van der Waals surface area contributed by atoms with E-state index in [4.69, 9.17) is 4.42 Å². The molecular weight excluding hydrogens is 338 g/mol. The van der Waals surface area contributed by atoms with Crippen molar-refractivity contribution in [3.63, 3.8) is 0 Å². The molecule has 0 spiro atoms. The SMILES string of the molecule is Cc1nc2ccc(NC(=O)C3CC(=O)N(Cc4ccco4)C3)cc2s1. The number of hydrogen-bond acceptors (Lipinski definition) is 5. The lowest BCUT2D eigenvalue weighted by Gasteiger charge is -2.15. The highest BCUT2D eigenvalue weighted by atomic mass is 32.1. The summed E-state index contributed by atoms with van der Waals surface area (Å²) in [6, 6.07) is 9.29. The van der Waals surface area contributed by atoms with Crippen molar-refractivity contribution in [2.24, 2.45) is 5.92 Å². The number of aryl methyl sites for hydroxylation is 1. The standard InChI is InChI=1S/C18H17N3O3S/c1-11-19-15-5-4-13(8-16(15)25-11)20-18(23)12-7-17(22)21(9-12)10-14-3-2-6-24-14/h2-6,8,12H,7,9-10H2,1H3,(H,20,23). The summed E-state index contributed by atoms with van der Waals surface area (Å²) in [5.41, 5.74) is 1.67. The molecule has 1 aliphatic rings. The van der Waals surface area contributed by atoms with Gasteiger partial charge in [-0.05, 0) is 37.3 Å². The van der Waals surface area contributed by atoms with Gasteiger partial charge in [0.2, 0.25) is 11.8 Å². The number of aromatic nitrogens is 1. The molecule has 0 aliphatic carbocycles. The van der Waals surface area contributed by atoms with Crippen molar-refractivity contribution in [2.45, 2.75) is 19.9 Å². The topological polar surface area (TPSA) is 75.4 Å². The number of fused-ring (bicyclic) bond motifs is 1. The van der Waals surface area contributed by atoms with Crippen LogP contribution in [0.3, 0.4) is 0 Å². The van der Waals surface area contributed by atoms with E-state index in [0.717, 1.165) is 26.7 Å². The number of carbonyl (C=O) groups excluding carboxylic acids is 2. The highest BCUT2D eigenvalue weighted by Crippen LogP contribution is 2.26. The third-order valence-corrected chi connectivity index (χ3v) is 5.21. The number of furan rings is 1. The second kappa shape index (κ2) is 6.33. The second-order valence-corrected chi connectivity index (χ2v) is 7.39. The van der Waals surface area contributed by atoms with Gasteiger partial charge in [-0.15, -0.1) is 11.3 Å². The summed E-state index contributed by atoms with van der Waals surface area (Å²) >= 11 is 1.59. The lowest BCUT2D eigenvalue weighted by molar-refractivity contribution is -0.128. The van der Waals surface area contributed by atoms with E-state index < -0.39 is 0 Å². The van der Waals surface area contributed by atoms with Gasteiger partial charge in [-0.25, -0.2) is 4.98 Å². The molecule has 2 aromatic heterocycles. The molecule has 25 heavy (non-hydrogen) atoms. The number of rotatable bonds is 4. The van der Waals surface area contributed by atoms with E-state index in [1.165, 1.54) is 0 Å². The summed E-state index contributed by atoms with van der Waals surface area (Å²) in [4.78, 5) is 30.7. The molecule has 1 atom stereocenters. The van der Waals surface area contributed by atoms with E-state index in [9.17, 15) is 9.59 Å². The maximum absolute atomic E-state index is 12.5. The maximum Gasteiger partial charge on any atom is 0.229 e. The highest BCUT2D eigenvalue weighted by molar-refractivity contribution is 7.18. The Hall–Kier alpha value is -2.67. The van der Waals surface area contributed by atoms with Crippen LogP contribution in [0.2, 0.25) is 0 Å². The molecule has 128 valence electrons. The fourth-order valence-corrected chi connectivity index (χ4v) is 3.92. The van der Waals surface area contributed by atoms with E-state index >= 15 is 0 Å². The van der Waals surface area contributed by atoms with Crippen LogP contribution in [0, 0.1) is 12.8 Å². The van der Waals surface area contributed by atoms with Crippen LogP contribution in [-0.2, 0) is 16.1 Å². The maximum atomic E-state index is 12.5. The average Bonchev–Trinajstić information content (AvgIpc) is 3.28. The number of thiazole rings is 1. The van der Waals surface area contributed by atoms with E-state index in [1.54, 1.807) is 28.6 Å². The fourth-order valence-electron chi connectivity index (χ4n) is 3.05. The summed E-state index contributed by atoms with van der Waals surface area (Å²) in [7, 11) is 0. The Morgan fingerprint density at radius 2 is 2.32 bits per heavy atom. The molecule has 0 saturated carbocycles. The zero-order valence-electron chi connectivity index (χ0n) is 13.7. The summed E-state index contributed by atoms with van der Waals surface area (Å²) < 4.78 is 6.32. The Bertz CT molecular complexity index is 932. The average molecular weight is 355 g/mol. The Labute approximate surface area is 148 Å². The Morgan fingerprint density at radius 3 is 3.12 bits per heavy atom. The normalized spacial score (nSPS) is 17.4. The highest BCUT2D eigenvalue weighted by Gasteiger charge is 2.34. The van der Waals surface area contributed by atoms with Gasteiger partial charge < -0.3 is 14.6 Å². The minimum Gasteiger partial charge on any atom is -0.467 e. The molecule has 1 saturated heterocycles. The van der Waals surface area contributed by atoms with E-state index in [2.05, 4.69) is 10.3 Å². The van der Waals surface area contributed by atoms with Crippen LogP contribution in [0.4, 0.5) is 5.69 Å². The van der Waals surface area contributed by atoms with Gasteiger partial charge in [-0.2, -0.15) is 0 Å². The number of amides is 2. The van der Waals surface area contributed by atoms with Crippen molar-refractivity contribution in [1.29, 1.82) is 0 Å². The molecule has 3 heterocycles. The number of nitrogens with one attached hydrogen (secondary N) is 1. The molecular formula is C18H17N3O3S. The quantitative estimate of drug-likeness (QED) is 0.780. The lowest BCUT2D eigenvalue weighted by Crippen LogP contribution is -2.27. The largest absolute Gasteiger partial charge is 0.467 e.